The largest absolute Gasteiger partial charge is 0.443 e. The van der Waals surface area contributed by atoms with Crippen LogP contribution in [0.3, 0.4) is 0 Å². The maximum absolute atomic E-state index is 12.5. The third-order valence-electron chi connectivity index (χ3n) is 4.40. The average Bonchev–Trinajstić information content (AvgIpc) is 2.98. The maximum Gasteiger partial charge on any atom is 0.417 e. The van der Waals surface area contributed by atoms with Crippen molar-refractivity contribution in [2.75, 3.05) is 0 Å². The SMILES string of the molecule is CC(C)(C)OC(=O)N1C(=O)CC2Cc3c(C(=N)NO)cccc3C21. The Labute approximate surface area is 140 Å². The maximum atomic E-state index is 12.5. The monoisotopic (exact) mass is 331 g/mol. The molecule has 3 rings (SSSR count). The predicted octanol–water partition coefficient (Wildman–Crippen LogP) is 2.37. The van der Waals surface area contributed by atoms with Crippen molar-refractivity contribution in [3.05, 3.63) is 34.9 Å². The molecule has 2 amide bonds. The topological polar surface area (TPSA) is 103 Å². The molecule has 1 aromatic carbocycles. The van der Waals surface area contributed by atoms with Crippen molar-refractivity contribution in [3.63, 3.8) is 0 Å². The number of likely N-dealkylation sites (tertiary alicyclic amines) is 1. The van der Waals surface area contributed by atoms with Crippen LogP contribution in [0.15, 0.2) is 18.2 Å². The fraction of sp³-hybridized carbons (Fsp3) is 0.471. The summed E-state index contributed by atoms with van der Waals surface area (Å²) in [5.74, 6) is -0.347. The Balaban J connectivity index is 1.98. The first-order chi connectivity index (χ1) is 11.2. The molecule has 7 nitrogen and oxygen atoms in total. The Kier molecular flexibility index (Phi) is 3.83. The van der Waals surface area contributed by atoms with E-state index in [0.717, 1.165) is 11.1 Å². The number of benzene rings is 1. The summed E-state index contributed by atoms with van der Waals surface area (Å²) >= 11 is 0. The van der Waals surface area contributed by atoms with Crippen molar-refractivity contribution in [3.8, 4) is 0 Å². The zero-order valence-electron chi connectivity index (χ0n) is 13.9. The number of nitrogens with one attached hydrogen (secondary N) is 2. The number of hydrogen-bond acceptors (Lipinski definition) is 5. The molecule has 7 heteroatoms. The second kappa shape index (κ2) is 5.59. The molecule has 1 aromatic rings. The van der Waals surface area contributed by atoms with E-state index in [1.54, 1.807) is 32.9 Å². The molecule has 128 valence electrons. The fourth-order valence-electron chi connectivity index (χ4n) is 3.57. The molecule has 2 atom stereocenters. The summed E-state index contributed by atoms with van der Waals surface area (Å²) in [6.07, 6.45) is 0.233. The number of ether oxygens (including phenoxy) is 1. The van der Waals surface area contributed by atoms with Gasteiger partial charge in [-0.3, -0.25) is 20.9 Å². The number of imide groups is 1. The van der Waals surface area contributed by atoms with Gasteiger partial charge in [-0.05, 0) is 44.2 Å². The Morgan fingerprint density at radius 3 is 2.71 bits per heavy atom. The van der Waals surface area contributed by atoms with E-state index >= 15 is 0 Å². The highest BCUT2D eigenvalue weighted by atomic mass is 16.6. The molecule has 1 aliphatic carbocycles. The molecule has 1 heterocycles. The summed E-state index contributed by atoms with van der Waals surface area (Å²) < 4.78 is 5.39. The molecule has 1 fully saturated rings. The van der Waals surface area contributed by atoms with Crippen molar-refractivity contribution < 1.29 is 19.5 Å². The summed E-state index contributed by atoms with van der Waals surface area (Å²) in [5, 5.41) is 16.8. The van der Waals surface area contributed by atoms with Crippen molar-refractivity contribution >= 4 is 17.8 Å². The van der Waals surface area contributed by atoms with Gasteiger partial charge < -0.3 is 4.74 Å². The number of carbonyl (C=O) groups is 2. The number of carbonyl (C=O) groups excluding carboxylic acids is 2. The molecule has 0 aromatic heterocycles. The van der Waals surface area contributed by atoms with Crippen LogP contribution >= 0.6 is 0 Å². The number of amidine groups is 1. The highest BCUT2D eigenvalue weighted by Gasteiger charge is 2.50. The smallest absolute Gasteiger partial charge is 0.417 e. The summed E-state index contributed by atoms with van der Waals surface area (Å²) in [7, 11) is 0. The van der Waals surface area contributed by atoms with E-state index in [1.165, 1.54) is 4.90 Å². The van der Waals surface area contributed by atoms with E-state index in [4.69, 9.17) is 15.4 Å². The van der Waals surface area contributed by atoms with Gasteiger partial charge in [0.1, 0.15) is 11.4 Å². The molecule has 2 unspecified atom stereocenters. The Morgan fingerprint density at radius 1 is 1.38 bits per heavy atom. The molecule has 3 N–H and O–H groups in total. The normalized spacial score (nSPS) is 22.2. The predicted molar refractivity (Wildman–Crippen MR) is 85.8 cm³/mol. The molecular weight excluding hydrogens is 310 g/mol. The van der Waals surface area contributed by atoms with Crippen molar-refractivity contribution in [2.24, 2.45) is 5.92 Å². The van der Waals surface area contributed by atoms with E-state index in [1.807, 2.05) is 11.5 Å². The molecule has 0 saturated carbocycles. The average molecular weight is 331 g/mol. The lowest BCUT2D eigenvalue weighted by molar-refractivity contribution is -0.128. The number of amides is 2. The third-order valence-corrected chi connectivity index (χ3v) is 4.40. The molecule has 1 aliphatic heterocycles. The van der Waals surface area contributed by atoms with Crippen LogP contribution in [0.4, 0.5) is 4.79 Å². The van der Waals surface area contributed by atoms with Crippen LogP contribution in [-0.4, -0.2) is 33.5 Å². The van der Waals surface area contributed by atoms with E-state index in [-0.39, 0.29) is 30.1 Å². The van der Waals surface area contributed by atoms with E-state index in [9.17, 15) is 9.59 Å². The highest BCUT2D eigenvalue weighted by Crippen LogP contribution is 2.48. The fourth-order valence-corrected chi connectivity index (χ4v) is 3.57. The first-order valence-electron chi connectivity index (χ1n) is 7.89. The Bertz CT molecular complexity index is 723. The number of fused-ring (bicyclic) bond motifs is 3. The highest BCUT2D eigenvalue weighted by molar-refractivity contribution is 5.99. The van der Waals surface area contributed by atoms with Gasteiger partial charge in [0, 0.05) is 12.0 Å². The zero-order chi connectivity index (χ0) is 17.6. The number of rotatable bonds is 1. The number of hydrogen-bond donors (Lipinski definition) is 3. The van der Waals surface area contributed by atoms with Crippen molar-refractivity contribution in [1.82, 2.24) is 10.4 Å². The second-order valence-electron chi connectivity index (χ2n) is 7.22. The zero-order valence-corrected chi connectivity index (χ0v) is 13.9. The first kappa shape index (κ1) is 16.4. The summed E-state index contributed by atoms with van der Waals surface area (Å²) in [4.78, 5) is 26.0. The van der Waals surface area contributed by atoms with Gasteiger partial charge in [-0.2, -0.15) is 0 Å². The quantitative estimate of drug-likeness (QED) is 0.416. The van der Waals surface area contributed by atoms with Crippen LogP contribution in [-0.2, 0) is 16.0 Å². The van der Waals surface area contributed by atoms with Gasteiger partial charge >= 0.3 is 6.09 Å². The van der Waals surface area contributed by atoms with E-state index in [2.05, 4.69) is 0 Å². The van der Waals surface area contributed by atoms with Gasteiger partial charge in [-0.1, -0.05) is 18.2 Å². The second-order valence-corrected chi connectivity index (χ2v) is 7.22. The summed E-state index contributed by atoms with van der Waals surface area (Å²) in [5.41, 5.74) is 3.50. The van der Waals surface area contributed by atoms with Crippen LogP contribution in [0.25, 0.3) is 0 Å². The van der Waals surface area contributed by atoms with E-state index in [0.29, 0.717) is 12.0 Å². The Morgan fingerprint density at radius 2 is 2.08 bits per heavy atom. The molecule has 0 spiro atoms. The first-order valence-corrected chi connectivity index (χ1v) is 7.89. The van der Waals surface area contributed by atoms with Crippen molar-refractivity contribution in [2.45, 2.75) is 45.3 Å². The van der Waals surface area contributed by atoms with Gasteiger partial charge in [0.15, 0.2) is 0 Å². The van der Waals surface area contributed by atoms with Crippen LogP contribution in [0.5, 0.6) is 0 Å². The lowest BCUT2D eigenvalue weighted by Crippen LogP contribution is -2.39. The molecule has 2 aliphatic rings. The van der Waals surface area contributed by atoms with Crippen LogP contribution < -0.4 is 5.48 Å². The lowest BCUT2D eigenvalue weighted by atomic mass is 10.0. The third kappa shape index (κ3) is 2.65. The van der Waals surface area contributed by atoms with Gasteiger partial charge in [-0.15, -0.1) is 0 Å². The van der Waals surface area contributed by atoms with Crippen LogP contribution in [0, 0.1) is 11.3 Å². The standard InChI is InChI=1S/C17H21N3O4/c1-17(2,3)24-16(22)20-13(21)8-9-7-12-10(14(9)20)5-4-6-11(12)15(18)19-23/h4-6,9,14,23H,7-8H2,1-3H3,(H2,18,19). The molecule has 0 bridgehead atoms. The summed E-state index contributed by atoms with van der Waals surface area (Å²) in [6, 6.07) is 5.00. The number of hydroxylamine groups is 1. The minimum Gasteiger partial charge on any atom is -0.443 e. The minimum atomic E-state index is -0.679. The lowest BCUT2D eigenvalue weighted by Gasteiger charge is -2.27. The van der Waals surface area contributed by atoms with Gasteiger partial charge in [0.2, 0.25) is 5.91 Å². The molecule has 0 radical (unpaired) electrons. The minimum absolute atomic E-state index is 0.0207. The molecule has 1 saturated heterocycles. The van der Waals surface area contributed by atoms with E-state index < -0.39 is 11.7 Å². The van der Waals surface area contributed by atoms with Gasteiger partial charge in [-0.25, -0.2) is 9.69 Å². The molecule has 24 heavy (non-hydrogen) atoms. The van der Waals surface area contributed by atoms with Crippen LogP contribution in [0.2, 0.25) is 0 Å². The van der Waals surface area contributed by atoms with Crippen LogP contribution in [0.1, 0.15) is 49.9 Å². The van der Waals surface area contributed by atoms with Gasteiger partial charge in [0.25, 0.3) is 0 Å². The summed E-state index contributed by atoms with van der Waals surface area (Å²) in [6.45, 7) is 5.29. The molecular formula is C17H21N3O4. The Hall–Kier alpha value is -2.41. The van der Waals surface area contributed by atoms with Crippen molar-refractivity contribution in [1.29, 1.82) is 5.41 Å². The number of nitrogens with zero attached hydrogens (tertiary/aromatic N) is 1. The van der Waals surface area contributed by atoms with Gasteiger partial charge in [0.05, 0.1) is 6.04 Å².